The fourth-order valence-electron chi connectivity index (χ4n) is 1.90. The van der Waals surface area contributed by atoms with E-state index in [9.17, 15) is 5.11 Å². The van der Waals surface area contributed by atoms with Gasteiger partial charge in [0.1, 0.15) is 5.75 Å². The Morgan fingerprint density at radius 3 is 2.53 bits per heavy atom. The van der Waals surface area contributed by atoms with Gasteiger partial charge in [-0.2, -0.15) is 0 Å². The molecule has 82 valence electrons. The molecular weight excluding hydrogens is 190 g/mol. The highest BCUT2D eigenvalue weighted by molar-refractivity contribution is 5.43. The maximum atomic E-state index is 9.83. The first-order valence-corrected chi connectivity index (χ1v) is 5.16. The minimum atomic E-state index is -0.300. The summed E-state index contributed by atoms with van der Waals surface area (Å²) in [6.07, 6.45) is 0.673. The molecule has 0 aliphatic carbocycles. The number of aromatic hydroxyl groups is 1. The van der Waals surface area contributed by atoms with Gasteiger partial charge >= 0.3 is 0 Å². The maximum absolute atomic E-state index is 9.83. The second-order valence-electron chi connectivity index (χ2n) is 4.91. The summed E-state index contributed by atoms with van der Waals surface area (Å²) in [6.45, 7) is 5.16. The molecule has 1 aliphatic rings. The summed E-state index contributed by atoms with van der Waals surface area (Å²) in [5.41, 5.74) is 8.81. The lowest BCUT2D eigenvalue weighted by Crippen LogP contribution is -2.34. The van der Waals surface area contributed by atoms with Crippen molar-refractivity contribution in [3.63, 3.8) is 0 Å². The molecule has 0 aromatic heterocycles. The van der Waals surface area contributed by atoms with Crippen molar-refractivity contribution < 1.29 is 9.84 Å². The number of phenols is 1. The molecule has 1 aliphatic heterocycles. The molecule has 2 rings (SSSR count). The second kappa shape index (κ2) is 3.51. The van der Waals surface area contributed by atoms with Crippen molar-refractivity contribution >= 4 is 0 Å². The molecule has 0 radical (unpaired) electrons. The van der Waals surface area contributed by atoms with Crippen LogP contribution in [0.2, 0.25) is 0 Å². The molecule has 3 heteroatoms. The maximum Gasteiger partial charge on any atom is 0.119 e. The van der Waals surface area contributed by atoms with Crippen LogP contribution >= 0.6 is 0 Å². The first-order valence-electron chi connectivity index (χ1n) is 5.16. The average molecular weight is 207 g/mol. The van der Waals surface area contributed by atoms with Crippen molar-refractivity contribution in [3.8, 4) is 5.75 Å². The number of benzene rings is 1. The second-order valence-corrected chi connectivity index (χ2v) is 4.91. The minimum Gasteiger partial charge on any atom is -0.508 e. The smallest absolute Gasteiger partial charge is 0.119 e. The van der Waals surface area contributed by atoms with Gasteiger partial charge in [-0.3, -0.25) is 0 Å². The van der Waals surface area contributed by atoms with E-state index in [-0.39, 0.29) is 5.54 Å². The largest absolute Gasteiger partial charge is 0.508 e. The fraction of sp³-hybridized carbons (Fsp3) is 0.500. The lowest BCUT2D eigenvalue weighted by atomic mass is 9.93. The van der Waals surface area contributed by atoms with E-state index >= 15 is 0 Å². The molecule has 1 aromatic rings. The molecule has 0 amide bonds. The summed E-state index contributed by atoms with van der Waals surface area (Å²) < 4.78 is 5.31. The van der Waals surface area contributed by atoms with Crippen LogP contribution < -0.4 is 5.73 Å². The van der Waals surface area contributed by atoms with Gasteiger partial charge in [-0.05, 0) is 49.1 Å². The number of hydrogen-bond acceptors (Lipinski definition) is 3. The minimum absolute atomic E-state index is 0.300. The van der Waals surface area contributed by atoms with Crippen molar-refractivity contribution in [1.29, 1.82) is 0 Å². The van der Waals surface area contributed by atoms with Gasteiger partial charge in [-0.15, -0.1) is 0 Å². The molecular formula is C12H17NO2. The molecule has 3 N–H and O–H groups in total. The fourth-order valence-corrected chi connectivity index (χ4v) is 1.90. The van der Waals surface area contributed by atoms with Crippen molar-refractivity contribution in [2.75, 3.05) is 0 Å². The SMILES string of the molecule is CC(C)(N)Cc1cc2c(cc1O)COC2. The molecule has 15 heavy (non-hydrogen) atoms. The first kappa shape index (κ1) is 10.5. The molecule has 1 aromatic carbocycles. The van der Waals surface area contributed by atoms with Gasteiger partial charge in [0.15, 0.2) is 0 Å². The summed E-state index contributed by atoms with van der Waals surface area (Å²) in [5, 5.41) is 9.83. The number of ether oxygens (including phenoxy) is 1. The topological polar surface area (TPSA) is 55.5 Å². The van der Waals surface area contributed by atoms with Gasteiger partial charge in [0.05, 0.1) is 13.2 Å². The van der Waals surface area contributed by atoms with Gasteiger partial charge in [-0.25, -0.2) is 0 Å². The van der Waals surface area contributed by atoms with Gasteiger partial charge in [0.2, 0.25) is 0 Å². The van der Waals surface area contributed by atoms with E-state index in [1.807, 2.05) is 19.9 Å². The summed E-state index contributed by atoms with van der Waals surface area (Å²) >= 11 is 0. The summed E-state index contributed by atoms with van der Waals surface area (Å²) in [7, 11) is 0. The van der Waals surface area contributed by atoms with Crippen molar-refractivity contribution in [1.82, 2.24) is 0 Å². The normalized spacial score (nSPS) is 15.4. The molecule has 0 saturated carbocycles. The Hall–Kier alpha value is -1.06. The molecule has 0 unspecified atom stereocenters. The molecule has 0 saturated heterocycles. The molecule has 0 atom stereocenters. The Bertz CT molecular complexity index is 380. The standard InChI is InChI=1S/C12H17NO2/c1-12(2,13)5-8-3-9-6-15-7-10(9)4-11(8)14/h3-4,14H,5-7,13H2,1-2H3. The third kappa shape index (κ3) is 2.30. The third-order valence-corrected chi connectivity index (χ3v) is 2.56. The van der Waals surface area contributed by atoms with Crippen LogP contribution in [0, 0.1) is 0 Å². The number of nitrogens with two attached hydrogens (primary N) is 1. The molecule has 3 nitrogen and oxygen atoms in total. The zero-order valence-corrected chi connectivity index (χ0v) is 9.21. The molecule has 1 heterocycles. The highest BCUT2D eigenvalue weighted by Gasteiger charge is 2.19. The number of phenolic OH excluding ortho intramolecular Hbond substituents is 1. The Labute approximate surface area is 89.9 Å². The Morgan fingerprint density at radius 1 is 1.33 bits per heavy atom. The summed E-state index contributed by atoms with van der Waals surface area (Å²) in [5.74, 6) is 0.331. The lowest BCUT2D eigenvalue weighted by molar-refractivity contribution is 0.134. The Balaban J connectivity index is 2.33. The molecule has 0 fully saturated rings. The van der Waals surface area contributed by atoms with Crippen molar-refractivity contribution in [3.05, 3.63) is 28.8 Å². The summed E-state index contributed by atoms with van der Waals surface area (Å²) in [4.78, 5) is 0. The lowest BCUT2D eigenvalue weighted by Gasteiger charge is -2.19. The molecule has 0 bridgehead atoms. The van der Waals surface area contributed by atoms with Crippen LogP contribution in [0.5, 0.6) is 5.75 Å². The highest BCUT2D eigenvalue weighted by Crippen LogP contribution is 2.29. The van der Waals surface area contributed by atoms with Gasteiger partial charge < -0.3 is 15.6 Å². The third-order valence-electron chi connectivity index (χ3n) is 2.56. The van der Waals surface area contributed by atoms with E-state index < -0.39 is 0 Å². The van der Waals surface area contributed by atoms with Crippen molar-refractivity contribution in [2.45, 2.75) is 39.0 Å². The number of fused-ring (bicyclic) bond motifs is 1. The van der Waals surface area contributed by atoms with Crippen LogP contribution in [0.3, 0.4) is 0 Å². The number of rotatable bonds is 2. The average Bonchev–Trinajstić information content (AvgIpc) is 2.49. The van der Waals surface area contributed by atoms with Gasteiger partial charge in [0.25, 0.3) is 0 Å². The first-order chi connectivity index (χ1) is 6.96. The van der Waals surface area contributed by atoms with Gasteiger partial charge in [0, 0.05) is 5.54 Å². The Morgan fingerprint density at radius 2 is 1.93 bits per heavy atom. The van der Waals surface area contributed by atoms with E-state index in [4.69, 9.17) is 10.5 Å². The van der Waals surface area contributed by atoms with Crippen molar-refractivity contribution in [2.24, 2.45) is 5.73 Å². The van der Waals surface area contributed by atoms with Crippen LogP contribution in [0.4, 0.5) is 0 Å². The summed E-state index contributed by atoms with van der Waals surface area (Å²) in [6, 6.07) is 3.80. The zero-order chi connectivity index (χ0) is 11.1. The highest BCUT2D eigenvalue weighted by atomic mass is 16.5. The molecule has 0 spiro atoms. The van der Waals surface area contributed by atoms with Crippen LogP contribution in [-0.4, -0.2) is 10.6 Å². The van der Waals surface area contributed by atoms with Gasteiger partial charge in [-0.1, -0.05) is 0 Å². The van der Waals surface area contributed by atoms with E-state index in [1.165, 1.54) is 5.56 Å². The van der Waals surface area contributed by atoms with Crippen LogP contribution in [-0.2, 0) is 24.4 Å². The van der Waals surface area contributed by atoms with E-state index in [1.54, 1.807) is 6.07 Å². The van der Waals surface area contributed by atoms with Crippen LogP contribution in [0.1, 0.15) is 30.5 Å². The van der Waals surface area contributed by atoms with E-state index in [0.717, 1.165) is 11.1 Å². The van der Waals surface area contributed by atoms with Crippen LogP contribution in [0.15, 0.2) is 12.1 Å². The van der Waals surface area contributed by atoms with E-state index in [2.05, 4.69) is 0 Å². The zero-order valence-electron chi connectivity index (χ0n) is 9.21. The quantitative estimate of drug-likeness (QED) is 0.776. The van der Waals surface area contributed by atoms with E-state index in [0.29, 0.717) is 25.4 Å². The number of hydrogen-bond donors (Lipinski definition) is 2. The Kier molecular flexibility index (Phi) is 2.44. The van der Waals surface area contributed by atoms with Crippen LogP contribution in [0.25, 0.3) is 0 Å². The predicted molar refractivity (Wildman–Crippen MR) is 58.6 cm³/mol. The monoisotopic (exact) mass is 207 g/mol. The predicted octanol–water partition coefficient (Wildman–Crippen LogP) is 1.70.